The molecule has 1 aliphatic heterocycles. The van der Waals surface area contributed by atoms with E-state index in [-0.39, 0.29) is 36.2 Å². The molecule has 1 amide bonds. The SMILES string of the molecule is COCC(NC(=O)c1cc(=O)[nH]c(N2CCC(OC(C)C)C2)n1)c1ccc(OC(F)(F)F)cc1. The lowest BCUT2D eigenvalue weighted by Crippen LogP contribution is -2.34. The van der Waals surface area contributed by atoms with Crippen LogP contribution in [0.4, 0.5) is 19.1 Å². The Balaban J connectivity index is 1.73. The molecule has 3 rings (SSSR count). The van der Waals surface area contributed by atoms with E-state index in [0.29, 0.717) is 18.7 Å². The second-order valence-corrected chi connectivity index (χ2v) is 8.09. The molecular weight excluding hydrogens is 457 g/mol. The van der Waals surface area contributed by atoms with Crippen LogP contribution in [-0.2, 0) is 9.47 Å². The van der Waals surface area contributed by atoms with Crippen LogP contribution in [0.2, 0.25) is 0 Å². The summed E-state index contributed by atoms with van der Waals surface area (Å²) in [5.41, 5.74) is -0.0894. The van der Waals surface area contributed by atoms with Crippen LogP contribution in [0, 0.1) is 0 Å². The molecule has 2 atom stereocenters. The highest BCUT2D eigenvalue weighted by Gasteiger charge is 2.31. The second-order valence-electron chi connectivity index (χ2n) is 8.09. The first-order chi connectivity index (χ1) is 16.0. The number of ether oxygens (including phenoxy) is 3. The van der Waals surface area contributed by atoms with Crippen molar-refractivity contribution in [1.82, 2.24) is 15.3 Å². The molecule has 0 radical (unpaired) electrons. The molecule has 2 unspecified atom stereocenters. The number of methoxy groups -OCH3 is 1. The third kappa shape index (κ3) is 7.19. The molecule has 1 aromatic carbocycles. The summed E-state index contributed by atoms with van der Waals surface area (Å²) in [5.74, 6) is -0.742. The number of halogens is 3. The largest absolute Gasteiger partial charge is 0.573 e. The first-order valence-electron chi connectivity index (χ1n) is 10.7. The smallest absolute Gasteiger partial charge is 0.406 e. The molecule has 9 nitrogen and oxygen atoms in total. The number of amides is 1. The molecule has 186 valence electrons. The predicted molar refractivity (Wildman–Crippen MR) is 117 cm³/mol. The van der Waals surface area contributed by atoms with Gasteiger partial charge in [-0.25, -0.2) is 4.98 Å². The third-order valence-corrected chi connectivity index (χ3v) is 5.03. The molecule has 12 heteroatoms. The van der Waals surface area contributed by atoms with Crippen LogP contribution in [0.5, 0.6) is 5.75 Å². The normalized spacial score (nSPS) is 17.1. The van der Waals surface area contributed by atoms with Crippen LogP contribution >= 0.6 is 0 Å². The first kappa shape index (κ1) is 25.5. The van der Waals surface area contributed by atoms with Gasteiger partial charge < -0.3 is 24.4 Å². The standard InChI is InChI=1S/C22H27F3N4O5/c1-13(2)33-16-8-9-29(11-16)21-27-17(10-19(30)28-21)20(31)26-18(12-32-3)14-4-6-15(7-5-14)34-22(23,24)25/h4-7,10,13,16,18H,8-9,11-12H2,1-3H3,(H,26,31)(H,27,28,30). The Morgan fingerprint density at radius 2 is 2.00 bits per heavy atom. The fourth-order valence-corrected chi connectivity index (χ4v) is 3.65. The average Bonchev–Trinajstić information content (AvgIpc) is 3.20. The number of H-pyrrole nitrogens is 1. The summed E-state index contributed by atoms with van der Waals surface area (Å²) in [7, 11) is 1.42. The highest BCUT2D eigenvalue weighted by atomic mass is 19.4. The van der Waals surface area contributed by atoms with E-state index >= 15 is 0 Å². The lowest BCUT2D eigenvalue weighted by molar-refractivity contribution is -0.274. The molecule has 0 bridgehead atoms. The lowest BCUT2D eigenvalue weighted by Gasteiger charge is -2.20. The van der Waals surface area contributed by atoms with Gasteiger partial charge in [0, 0.05) is 26.3 Å². The first-order valence-corrected chi connectivity index (χ1v) is 10.7. The fourth-order valence-electron chi connectivity index (χ4n) is 3.65. The number of nitrogens with zero attached hydrogens (tertiary/aromatic N) is 2. The van der Waals surface area contributed by atoms with E-state index in [1.807, 2.05) is 18.7 Å². The number of aromatic amines is 1. The minimum absolute atomic E-state index is 0.00170. The van der Waals surface area contributed by atoms with Gasteiger partial charge in [-0.15, -0.1) is 13.2 Å². The van der Waals surface area contributed by atoms with Gasteiger partial charge in [-0.2, -0.15) is 0 Å². The summed E-state index contributed by atoms with van der Waals surface area (Å²) in [6.07, 6.45) is -3.97. The third-order valence-electron chi connectivity index (χ3n) is 5.03. The van der Waals surface area contributed by atoms with E-state index in [0.717, 1.165) is 24.6 Å². The number of anilines is 1. The predicted octanol–water partition coefficient (Wildman–Crippen LogP) is 2.79. The quantitative estimate of drug-likeness (QED) is 0.564. The summed E-state index contributed by atoms with van der Waals surface area (Å²) in [4.78, 5) is 33.9. The summed E-state index contributed by atoms with van der Waals surface area (Å²) < 4.78 is 52.0. The van der Waals surface area contributed by atoms with Crippen LogP contribution in [0.15, 0.2) is 35.1 Å². The molecule has 0 spiro atoms. The average molecular weight is 484 g/mol. The maximum atomic E-state index is 12.9. The number of benzene rings is 1. The summed E-state index contributed by atoms with van der Waals surface area (Å²) in [5, 5.41) is 2.71. The maximum Gasteiger partial charge on any atom is 0.573 e. The van der Waals surface area contributed by atoms with Gasteiger partial charge in [0.15, 0.2) is 0 Å². The maximum absolute atomic E-state index is 12.9. The van der Waals surface area contributed by atoms with Crippen molar-refractivity contribution < 1.29 is 32.2 Å². The zero-order valence-electron chi connectivity index (χ0n) is 19.0. The van der Waals surface area contributed by atoms with Crippen LogP contribution < -0.4 is 20.5 Å². The molecule has 1 aromatic heterocycles. The van der Waals surface area contributed by atoms with E-state index in [9.17, 15) is 22.8 Å². The number of alkyl halides is 3. The van der Waals surface area contributed by atoms with Crippen LogP contribution in [-0.4, -0.2) is 61.3 Å². The molecule has 2 aromatic rings. The Labute approximate surface area is 194 Å². The number of nitrogens with one attached hydrogen (secondary N) is 2. The minimum Gasteiger partial charge on any atom is -0.406 e. The second kappa shape index (κ2) is 10.9. The monoisotopic (exact) mass is 484 g/mol. The van der Waals surface area contributed by atoms with Crippen molar-refractivity contribution in [3.63, 3.8) is 0 Å². The van der Waals surface area contributed by atoms with Crippen molar-refractivity contribution >= 4 is 11.9 Å². The molecule has 2 heterocycles. The summed E-state index contributed by atoms with van der Waals surface area (Å²) in [6, 6.07) is 5.45. The van der Waals surface area contributed by atoms with Crippen molar-refractivity contribution in [2.24, 2.45) is 0 Å². The lowest BCUT2D eigenvalue weighted by atomic mass is 10.1. The molecular formula is C22H27F3N4O5. The van der Waals surface area contributed by atoms with Crippen molar-refractivity contribution in [3.05, 3.63) is 51.9 Å². The van der Waals surface area contributed by atoms with Gasteiger partial charge in [0.2, 0.25) is 5.95 Å². The molecule has 1 fully saturated rings. The Hall–Kier alpha value is -3.12. The van der Waals surface area contributed by atoms with Gasteiger partial charge in [-0.05, 0) is 38.0 Å². The molecule has 0 saturated carbocycles. The van der Waals surface area contributed by atoms with Gasteiger partial charge in [0.1, 0.15) is 11.4 Å². The van der Waals surface area contributed by atoms with Crippen molar-refractivity contribution in [2.45, 2.75) is 44.9 Å². The van der Waals surface area contributed by atoms with Crippen molar-refractivity contribution in [2.75, 3.05) is 31.7 Å². The molecule has 2 N–H and O–H groups in total. The minimum atomic E-state index is -4.80. The number of carbonyl (C=O) groups is 1. The fraction of sp³-hybridized carbons (Fsp3) is 0.500. The van der Waals surface area contributed by atoms with Gasteiger partial charge >= 0.3 is 6.36 Å². The molecule has 34 heavy (non-hydrogen) atoms. The van der Waals surface area contributed by atoms with E-state index in [2.05, 4.69) is 20.0 Å². The zero-order valence-corrected chi connectivity index (χ0v) is 19.0. The number of hydrogen-bond donors (Lipinski definition) is 2. The summed E-state index contributed by atoms with van der Waals surface area (Å²) >= 11 is 0. The molecule has 1 aliphatic rings. The Morgan fingerprint density at radius 3 is 2.62 bits per heavy atom. The topological polar surface area (TPSA) is 106 Å². The Morgan fingerprint density at radius 1 is 1.29 bits per heavy atom. The van der Waals surface area contributed by atoms with E-state index < -0.39 is 23.9 Å². The summed E-state index contributed by atoms with van der Waals surface area (Å²) in [6.45, 7) is 5.08. The van der Waals surface area contributed by atoms with E-state index in [1.54, 1.807) is 0 Å². The Kier molecular flexibility index (Phi) is 8.15. The molecule has 0 aliphatic carbocycles. The van der Waals surface area contributed by atoms with Crippen molar-refractivity contribution in [1.29, 1.82) is 0 Å². The van der Waals surface area contributed by atoms with E-state index in [4.69, 9.17) is 9.47 Å². The highest BCUT2D eigenvalue weighted by Crippen LogP contribution is 2.25. The van der Waals surface area contributed by atoms with Crippen molar-refractivity contribution in [3.8, 4) is 5.75 Å². The Bertz CT molecular complexity index is 1030. The van der Waals surface area contributed by atoms with E-state index in [1.165, 1.54) is 19.2 Å². The van der Waals surface area contributed by atoms with Gasteiger partial charge in [-0.3, -0.25) is 14.6 Å². The van der Waals surface area contributed by atoms with Gasteiger partial charge in [-0.1, -0.05) is 12.1 Å². The number of hydrogen-bond acceptors (Lipinski definition) is 7. The highest BCUT2D eigenvalue weighted by molar-refractivity contribution is 5.92. The van der Waals surface area contributed by atoms with Gasteiger partial charge in [0.05, 0.1) is 24.9 Å². The van der Waals surface area contributed by atoms with Crippen LogP contribution in [0.1, 0.15) is 42.4 Å². The zero-order chi connectivity index (χ0) is 24.9. The van der Waals surface area contributed by atoms with Gasteiger partial charge in [0.25, 0.3) is 11.5 Å². The number of carbonyl (C=O) groups excluding carboxylic acids is 1. The molecule has 1 saturated heterocycles. The number of rotatable bonds is 9. The number of aromatic nitrogens is 2. The van der Waals surface area contributed by atoms with Crippen LogP contribution in [0.3, 0.4) is 0 Å². The van der Waals surface area contributed by atoms with Crippen LogP contribution in [0.25, 0.3) is 0 Å².